The third-order valence-corrected chi connectivity index (χ3v) is 4.98. The second-order valence-corrected chi connectivity index (χ2v) is 7.46. The summed E-state index contributed by atoms with van der Waals surface area (Å²) in [6.45, 7) is 11.7. The molecule has 126 valence electrons. The Kier molecular flexibility index (Phi) is 3.26. The number of nitrogens with two attached hydrogens (primary N) is 1. The number of Topliss-reactive ketones (excluding diaryl/α,β-unsaturated/α-hetero) is 1. The number of allylic oxidation sites excluding steroid dienone is 2. The Labute approximate surface area is 146 Å². The number of H-pyrrole nitrogens is 1. The van der Waals surface area contributed by atoms with Crippen LogP contribution in [0.3, 0.4) is 0 Å². The van der Waals surface area contributed by atoms with Crippen LogP contribution in [0.5, 0.6) is 0 Å². The van der Waals surface area contributed by atoms with Gasteiger partial charge in [-0.15, -0.1) is 0 Å². The first kappa shape index (κ1) is 15.5. The molecule has 0 saturated heterocycles. The normalized spacial score (nSPS) is 22.6. The van der Waals surface area contributed by atoms with E-state index in [4.69, 9.17) is 17.0 Å². The molecule has 0 radical (unpaired) electrons. The van der Waals surface area contributed by atoms with Gasteiger partial charge in [0.05, 0.1) is 12.5 Å². The number of nitrogens with zero attached hydrogens (tertiary/aromatic N) is 1. The summed E-state index contributed by atoms with van der Waals surface area (Å²) in [6, 6.07) is 7.87. The molecule has 1 aliphatic heterocycles. The molecule has 1 aromatic heterocycles. The Morgan fingerprint density at radius 2 is 2.08 bits per heavy atom. The molecule has 0 spiro atoms. The van der Waals surface area contributed by atoms with Crippen LogP contribution in [0.15, 0.2) is 53.4 Å². The van der Waals surface area contributed by atoms with E-state index in [1.54, 1.807) is 0 Å². The van der Waals surface area contributed by atoms with Crippen LogP contribution in [0.1, 0.15) is 38.2 Å². The summed E-state index contributed by atoms with van der Waals surface area (Å²) < 4.78 is 5.73. The average molecular weight is 333 g/mol. The van der Waals surface area contributed by atoms with Gasteiger partial charge in [-0.25, -0.2) is 4.85 Å². The van der Waals surface area contributed by atoms with Gasteiger partial charge in [0.25, 0.3) is 0 Å². The fraction of sp³-hybridized carbons (Fsp3) is 0.300. The zero-order valence-electron chi connectivity index (χ0n) is 14.2. The van der Waals surface area contributed by atoms with Gasteiger partial charge >= 0.3 is 0 Å². The molecule has 1 atom stereocenters. The molecule has 0 saturated carbocycles. The molecule has 2 aromatic rings. The summed E-state index contributed by atoms with van der Waals surface area (Å²) in [5, 5.41) is 0.993. The van der Waals surface area contributed by atoms with Crippen LogP contribution in [0, 0.1) is 12.0 Å². The number of hydrogen-bond donors (Lipinski definition) is 2. The number of carbonyl (C=O) groups is 1. The zero-order valence-corrected chi connectivity index (χ0v) is 14.2. The molecule has 25 heavy (non-hydrogen) atoms. The quantitative estimate of drug-likeness (QED) is 0.776. The number of aromatic amines is 1. The zero-order chi connectivity index (χ0) is 17.8. The van der Waals surface area contributed by atoms with E-state index < -0.39 is 5.92 Å². The van der Waals surface area contributed by atoms with E-state index in [0.717, 1.165) is 16.5 Å². The van der Waals surface area contributed by atoms with E-state index >= 15 is 0 Å². The van der Waals surface area contributed by atoms with E-state index in [1.807, 2.05) is 44.3 Å². The number of carbonyl (C=O) groups excluding carboxylic acids is 1. The van der Waals surface area contributed by atoms with Crippen molar-refractivity contribution in [1.82, 2.24) is 4.98 Å². The van der Waals surface area contributed by atoms with Crippen LogP contribution in [0.2, 0.25) is 0 Å². The van der Waals surface area contributed by atoms with Crippen LogP contribution in [-0.4, -0.2) is 10.8 Å². The largest absolute Gasteiger partial charge is 0.456 e. The van der Waals surface area contributed by atoms with Crippen molar-refractivity contribution in [1.29, 1.82) is 0 Å². The molecule has 5 heteroatoms. The Bertz CT molecular complexity index is 1000. The van der Waals surface area contributed by atoms with Gasteiger partial charge in [0.1, 0.15) is 5.76 Å². The predicted octanol–water partition coefficient (Wildman–Crippen LogP) is 3.97. The summed E-state index contributed by atoms with van der Waals surface area (Å²) >= 11 is 0. The van der Waals surface area contributed by atoms with E-state index in [-0.39, 0.29) is 22.8 Å². The molecule has 5 nitrogen and oxygen atoms in total. The maximum Gasteiger partial charge on any atom is 0.235 e. The number of ketones is 1. The van der Waals surface area contributed by atoms with Crippen molar-refractivity contribution in [3.8, 4) is 0 Å². The van der Waals surface area contributed by atoms with E-state index in [0.29, 0.717) is 24.2 Å². The minimum Gasteiger partial charge on any atom is -0.456 e. The minimum atomic E-state index is -0.471. The maximum atomic E-state index is 12.9. The number of rotatable bonds is 1. The molecule has 1 aliphatic carbocycles. The summed E-state index contributed by atoms with van der Waals surface area (Å²) in [4.78, 5) is 19.8. The van der Waals surface area contributed by atoms with Crippen LogP contribution < -0.4 is 5.73 Å². The topological polar surface area (TPSA) is 72.5 Å². The van der Waals surface area contributed by atoms with Gasteiger partial charge < -0.3 is 15.5 Å². The highest BCUT2D eigenvalue weighted by Crippen LogP contribution is 2.49. The Hall–Kier alpha value is -3.00. The lowest BCUT2D eigenvalue weighted by atomic mass is 9.71. The predicted molar refractivity (Wildman–Crippen MR) is 95.0 cm³/mol. The van der Waals surface area contributed by atoms with Crippen LogP contribution in [-0.2, 0) is 9.53 Å². The lowest BCUT2D eigenvalue weighted by Crippen LogP contribution is -2.33. The number of aromatic nitrogens is 1. The van der Waals surface area contributed by atoms with Gasteiger partial charge in [-0.1, -0.05) is 32.0 Å². The van der Waals surface area contributed by atoms with Gasteiger partial charge in [-0.05, 0) is 17.0 Å². The molecule has 3 N–H and O–H groups in total. The highest BCUT2D eigenvalue weighted by molar-refractivity contribution is 6.01. The van der Waals surface area contributed by atoms with Gasteiger partial charge in [0.2, 0.25) is 5.70 Å². The summed E-state index contributed by atoms with van der Waals surface area (Å²) in [7, 11) is 0. The number of ether oxygens (including phenoxy) is 1. The van der Waals surface area contributed by atoms with Crippen molar-refractivity contribution < 1.29 is 9.53 Å². The van der Waals surface area contributed by atoms with Gasteiger partial charge in [0.15, 0.2) is 11.7 Å². The Morgan fingerprint density at radius 3 is 2.84 bits per heavy atom. The molecule has 0 fully saturated rings. The van der Waals surface area contributed by atoms with Crippen molar-refractivity contribution in [3.63, 3.8) is 0 Å². The highest BCUT2D eigenvalue weighted by Gasteiger charge is 2.43. The number of para-hydroxylation sites is 1. The number of benzene rings is 1. The smallest absolute Gasteiger partial charge is 0.235 e. The molecule has 2 heterocycles. The van der Waals surface area contributed by atoms with Crippen LogP contribution >= 0.6 is 0 Å². The molecule has 1 unspecified atom stereocenters. The third-order valence-electron chi connectivity index (χ3n) is 4.98. The highest BCUT2D eigenvalue weighted by atomic mass is 16.5. The summed E-state index contributed by atoms with van der Waals surface area (Å²) in [5.74, 6) is 0.284. The maximum absolute atomic E-state index is 12.9. The molecular formula is C20H19N3O2. The average Bonchev–Trinajstić information content (AvgIpc) is 2.96. The van der Waals surface area contributed by atoms with Gasteiger partial charge in [0, 0.05) is 35.5 Å². The van der Waals surface area contributed by atoms with Crippen LogP contribution in [0.25, 0.3) is 15.7 Å². The van der Waals surface area contributed by atoms with Crippen molar-refractivity contribution in [2.75, 3.05) is 0 Å². The summed E-state index contributed by atoms with van der Waals surface area (Å²) in [5.41, 5.74) is 8.63. The molecular weight excluding hydrogens is 314 g/mol. The second kappa shape index (κ2) is 5.25. The monoisotopic (exact) mass is 333 g/mol. The minimum absolute atomic E-state index is 0.0372. The number of hydrogen-bond acceptors (Lipinski definition) is 3. The van der Waals surface area contributed by atoms with Crippen molar-refractivity contribution in [3.05, 3.63) is 70.4 Å². The fourth-order valence-electron chi connectivity index (χ4n) is 3.91. The van der Waals surface area contributed by atoms with E-state index in [1.165, 1.54) is 0 Å². The molecule has 0 bridgehead atoms. The molecule has 0 amide bonds. The van der Waals surface area contributed by atoms with Crippen LogP contribution in [0.4, 0.5) is 0 Å². The standard InChI is InChI=1S/C20H19N3O2/c1-20(2)8-14(24)17-15(9-20)25-19(21)18(22-3)16(17)12-10-23-13-7-5-4-6-11(12)13/h4-7,10,16,23H,8-9,21H2,1-2H3. The van der Waals surface area contributed by atoms with Gasteiger partial charge in [-0.3, -0.25) is 4.79 Å². The SMILES string of the molecule is [C-]#[N+]C1=C(N)OC2=C(C(=O)CC(C)(C)C2)C1c1c[nH]c2ccccc12. The first-order valence-electron chi connectivity index (χ1n) is 8.28. The molecule has 1 aromatic carbocycles. The van der Waals surface area contributed by atoms with Gasteiger partial charge in [-0.2, -0.15) is 0 Å². The van der Waals surface area contributed by atoms with Crippen molar-refractivity contribution in [2.24, 2.45) is 11.1 Å². The first-order valence-corrected chi connectivity index (χ1v) is 8.28. The Morgan fingerprint density at radius 1 is 1.32 bits per heavy atom. The lowest BCUT2D eigenvalue weighted by Gasteiger charge is -2.37. The third kappa shape index (κ3) is 2.33. The number of nitrogens with one attached hydrogen (secondary N) is 1. The fourth-order valence-corrected chi connectivity index (χ4v) is 3.91. The Balaban J connectivity index is 1.96. The number of fused-ring (bicyclic) bond motifs is 1. The van der Waals surface area contributed by atoms with Crippen molar-refractivity contribution in [2.45, 2.75) is 32.6 Å². The summed E-state index contributed by atoms with van der Waals surface area (Å²) in [6.07, 6.45) is 2.95. The van der Waals surface area contributed by atoms with Crippen molar-refractivity contribution >= 4 is 16.7 Å². The lowest BCUT2D eigenvalue weighted by molar-refractivity contribution is -0.119. The molecule has 4 rings (SSSR count). The first-order chi connectivity index (χ1) is 11.9. The second-order valence-electron chi connectivity index (χ2n) is 7.46. The van der Waals surface area contributed by atoms with E-state index in [9.17, 15) is 4.79 Å². The molecule has 2 aliphatic rings. The van der Waals surface area contributed by atoms with E-state index in [2.05, 4.69) is 9.83 Å².